The molecule has 2 aromatic rings. The maximum Gasteiger partial charge on any atom is 0.337 e. The van der Waals surface area contributed by atoms with Crippen molar-refractivity contribution < 1.29 is 22.1 Å². The Hall–Kier alpha value is -2.18. The van der Waals surface area contributed by atoms with Crippen molar-refractivity contribution in [1.29, 1.82) is 0 Å². The van der Waals surface area contributed by atoms with Crippen molar-refractivity contribution in [2.24, 2.45) is 0 Å². The van der Waals surface area contributed by atoms with Gasteiger partial charge in [0.2, 0.25) is 0 Å². The molecule has 0 bridgehead atoms. The van der Waals surface area contributed by atoms with E-state index in [4.69, 9.17) is 8.92 Å². The number of rotatable bonds is 9. The first kappa shape index (κ1) is 21.1. The number of benzene rings is 2. The average molecular weight is 391 g/mol. The number of hydrogen-bond acceptors (Lipinski definition) is 5. The molecule has 0 spiro atoms. The summed E-state index contributed by atoms with van der Waals surface area (Å²) in [6, 6.07) is 16.2. The molecule has 27 heavy (non-hydrogen) atoms. The molecule has 0 amide bonds. The predicted octanol–water partition coefficient (Wildman–Crippen LogP) is 4.04. The summed E-state index contributed by atoms with van der Waals surface area (Å²) in [6.07, 6.45) is 0.0673. The van der Waals surface area contributed by atoms with Gasteiger partial charge >= 0.3 is 5.97 Å². The smallest absolute Gasteiger partial charge is 0.337 e. The standard InChI is InChI=1S/C21H26O5S/c1-16(2)25-21(22)20(14-8-12-18-10-5-4-6-11-18)26-27(23,24)19-13-7-9-17(3)15-19/h4-7,9-11,13,15-16,20H,8,12,14H2,1-3H3/t20-/m1/s1. The summed E-state index contributed by atoms with van der Waals surface area (Å²) in [5, 5.41) is 0. The fourth-order valence-electron chi connectivity index (χ4n) is 2.63. The Morgan fingerprint density at radius 2 is 1.74 bits per heavy atom. The summed E-state index contributed by atoms with van der Waals surface area (Å²) >= 11 is 0. The van der Waals surface area contributed by atoms with Crippen molar-refractivity contribution in [2.45, 2.75) is 57.1 Å². The Labute approximate surface area is 161 Å². The number of esters is 1. The summed E-state index contributed by atoms with van der Waals surface area (Å²) in [5.74, 6) is -0.658. The Balaban J connectivity index is 2.10. The monoisotopic (exact) mass is 390 g/mol. The van der Waals surface area contributed by atoms with Crippen molar-refractivity contribution in [3.63, 3.8) is 0 Å². The molecule has 0 aliphatic carbocycles. The quantitative estimate of drug-likeness (QED) is 0.477. The topological polar surface area (TPSA) is 69.7 Å². The van der Waals surface area contributed by atoms with Crippen LogP contribution in [0.1, 0.15) is 37.8 Å². The van der Waals surface area contributed by atoms with Crippen LogP contribution in [0.15, 0.2) is 59.5 Å². The number of carbonyl (C=O) groups excluding carboxylic acids is 1. The molecular weight excluding hydrogens is 364 g/mol. The predicted molar refractivity (Wildman–Crippen MR) is 104 cm³/mol. The van der Waals surface area contributed by atoms with Gasteiger partial charge in [-0.2, -0.15) is 8.42 Å². The van der Waals surface area contributed by atoms with Gasteiger partial charge in [0.1, 0.15) is 0 Å². The van der Waals surface area contributed by atoms with Gasteiger partial charge in [-0.3, -0.25) is 4.18 Å². The van der Waals surface area contributed by atoms with E-state index in [1.807, 2.05) is 30.3 Å². The van der Waals surface area contributed by atoms with Gasteiger partial charge in [0.25, 0.3) is 10.1 Å². The SMILES string of the molecule is Cc1cccc(S(=O)(=O)O[C@H](CCCc2ccccc2)C(=O)OC(C)C)c1. The Bertz CT molecular complexity index is 844. The summed E-state index contributed by atoms with van der Waals surface area (Å²) in [4.78, 5) is 12.4. The Morgan fingerprint density at radius 3 is 2.37 bits per heavy atom. The second kappa shape index (κ2) is 9.67. The van der Waals surface area contributed by atoms with Crippen LogP contribution in [0, 0.1) is 6.92 Å². The molecule has 0 aliphatic heterocycles. The zero-order valence-electron chi connectivity index (χ0n) is 15.9. The number of aryl methyl sites for hydroxylation is 2. The molecule has 146 valence electrons. The van der Waals surface area contributed by atoms with Gasteiger partial charge in [-0.15, -0.1) is 0 Å². The van der Waals surface area contributed by atoms with Crippen molar-refractivity contribution in [3.05, 3.63) is 65.7 Å². The molecule has 0 N–H and O–H groups in total. The minimum absolute atomic E-state index is 0.0351. The van der Waals surface area contributed by atoms with E-state index in [1.54, 1.807) is 32.9 Å². The molecule has 0 aliphatic rings. The molecule has 0 unspecified atom stereocenters. The van der Waals surface area contributed by atoms with Crippen LogP contribution in [0.4, 0.5) is 0 Å². The second-order valence-electron chi connectivity index (χ2n) is 6.72. The first-order valence-electron chi connectivity index (χ1n) is 9.02. The van der Waals surface area contributed by atoms with Crippen molar-refractivity contribution >= 4 is 16.1 Å². The van der Waals surface area contributed by atoms with Crippen LogP contribution < -0.4 is 0 Å². The third kappa shape index (κ3) is 6.81. The highest BCUT2D eigenvalue weighted by molar-refractivity contribution is 7.86. The maximum atomic E-state index is 12.6. The molecular formula is C21H26O5S. The maximum absolute atomic E-state index is 12.6. The number of hydrogen-bond donors (Lipinski definition) is 0. The lowest BCUT2D eigenvalue weighted by atomic mass is 10.1. The van der Waals surface area contributed by atoms with Crippen molar-refractivity contribution in [1.82, 2.24) is 0 Å². The largest absolute Gasteiger partial charge is 0.461 e. The van der Waals surface area contributed by atoms with E-state index in [9.17, 15) is 13.2 Å². The fraction of sp³-hybridized carbons (Fsp3) is 0.381. The Morgan fingerprint density at radius 1 is 1.04 bits per heavy atom. The van der Waals surface area contributed by atoms with E-state index in [-0.39, 0.29) is 17.4 Å². The first-order valence-corrected chi connectivity index (χ1v) is 10.4. The van der Waals surface area contributed by atoms with Crippen LogP contribution in [-0.4, -0.2) is 26.6 Å². The molecule has 0 aromatic heterocycles. The van der Waals surface area contributed by atoms with E-state index in [0.717, 1.165) is 17.5 Å². The van der Waals surface area contributed by atoms with Gasteiger partial charge < -0.3 is 4.74 Å². The molecule has 2 rings (SSSR count). The number of carbonyl (C=O) groups is 1. The molecule has 0 saturated carbocycles. The number of ether oxygens (including phenoxy) is 1. The van der Waals surface area contributed by atoms with E-state index in [0.29, 0.717) is 6.42 Å². The van der Waals surface area contributed by atoms with Gasteiger partial charge in [-0.25, -0.2) is 4.79 Å². The van der Waals surface area contributed by atoms with Crippen LogP contribution in [0.2, 0.25) is 0 Å². The van der Waals surface area contributed by atoms with Crippen molar-refractivity contribution in [2.75, 3.05) is 0 Å². The average Bonchev–Trinajstić information content (AvgIpc) is 2.61. The fourth-order valence-corrected chi connectivity index (χ4v) is 3.80. The van der Waals surface area contributed by atoms with Crippen LogP contribution in [0.3, 0.4) is 0 Å². The highest BCUT2D eigenvalue weighted by atomic mass is 32.2. The third-order valence-corrected chi connectivity index (χ3v) is 5.23. The third-order valence-electron chi connectivity index (χ3n) is 3.91. The minimum Gasteiger partial charge on any atom is -0.461 e. The highest BCUT2D eigenvalue weighted by Gasteiger charge is 2.29. The minimum atomic E-state index is -4.06. The van der Waals surface area contributed by atoms with Gasteiger partial charge in [0, 0.05) is 0 Å². The molecule has 1 atom stereocenters. The molecule has 6 heteroatoms. The van der Waals surface area contributed by atoms with Crippen LogP contribution in [-0.2, 0) is 30.3 Å². The Kier molecular flexibility index (Phi) is 7.56. The molecule has 0 saturated heterocycles. The molecule has 5 nitrogen and oxygen atoms in total. The van der Waals surface area contributed by atoms with E-state index < -0.39 is 22.2 Å². The van der Waals surface area contributed by atoms with Crippen LogP contribution in [0.25, 0.3) is 0 Å². The lowest BCUT2D eigenvalue weighted by molar-refractivity contribution is -0.156. The van der Waals surface area contributed by atoms with Gasteiger partial charge in [-0.1, -0.05) is 42.5 Å². The second-order valence-corrected chi connectivity index (χ2v) is 8.29. The van der Waals surface area contributed by atoms with Gasteiger partial charge in [0.15, 0.2) is 6.10 Å². The van der Waals surface area contributed by atoms with E-state index in [2.05, 4.69) is 0 Å². The van der Waals surface area contributed by atoms with Crippen LogP contribution >= 0.6 is 0 Å². The summed E-state index contributed by atoms with van der Waals surface area (Å²) < 4.78 is 35.6. The van der Waals surface area contributed by atoms with Crippen LogP contribution in [0.5, 0.6) is 0 Å². The molecule has 0 fully saturated rings. The zero-order chi connectivity index (χ0) is 19.9. The van der Waals surface area contributed by atoms with E-state index >= 15 is 0 Å². The lowest BCUT2D eigenvalue weighted by Gasteiger charge is -2.18. The van der Waals surface area contributed by atoms with Gasteiger partial charge in [-0.05, 0) is 63.3 Å². The molecule has 0 radical (unpaired) electrons. The summed E-state index contributed by atoms with van der Waals surface area (Å²) in [7, 11) is -4.06. The normalized spacial score (nSPS) is 12.7. The summed E-state index contributed by atoms with van der Waals surface area (Å²) in [5.41, 5.74) is 1.92. The van der Waals surface area contributed by atoms with Crippen molar-refractivity contribution in [3.8, 4) is 0 Å². The summed E-state index contributed by atoms with van der Waals surface area (Å²) in [6.45, 7) is 5.23. The molecule has 0 heterocycles. The zero-order valence-corrected chi connectivity index (χ0v) is 16.7. The lowest BCUT2D eigenvalue weighted by Crippen LogP contribution is -2.31. The van der Waals surface area contributed by atoms with E-state index in [1.165, 1.54) is 12.1 Å². The van der Waals surface area contributed by atoms with Gasteiger partial charge in [0.05, 0.1) is 11.0 Å². The molecule has 2 aromatic carbocycles. The first-order chi connectivity index (χ1) is 12.8. The highest BCUT2D eigenvalue weighted by Crippen LogP contribution is 2.19.